The van der Waals surface area contributed by atoms with Crippen LogP contribution in [0.5, 0.6) is 0 Å². The lowest BCUT2D eigenvalue weighted by Crippen LogP contribution is -2.54. The van der Waals surface area contributed by atoms with E-state index in [4.69, 9.17) is 0 Å². The maximum absolute atomic E-state index is 11.6. The molecule has 0 atom stereocenters. The zero-order valence-electron chi connectivity index (χ0n) is 9.16. The zero-order chi connectivity index (χ0) is 11.4. The summed E-state index contributed by atoms with van der Waals surface area (Å²) in [6.45, 7) is 0. The van der Waals surface area contributed by atoms with E-state index in [9.17, 15) is 9.59 Å². The molecule has 0 aromatic carbocycles. The summed E-state index contributed by atoms with van der Waals surface area (Å²) in [4.78, 5) is 25.5. The summed E-state index contributed by atoms with van der Waals surface area (Å²) >= 11 is 0. The predicted molar refractivity (Wildman–Crippen MR) is 59.9 cm³/mol. The zero-order valence-corrected chi connectivity index (χ0v) is 9.16. The van der Waals surface area contributed by atoms with Crippen LogP contribution in [0.25, 0.3) is 0 Å². The number of aryl methyl sites for hydroxylation is 1. The van der Waals surface area contributed by atoms with Crippen molar-refractivity contribution in [2.75, 3.05) is 0 Å². The van der Waals surface area contributed by atoms with Gasteiger partial charge in [0.15, 0.2) is 0 Å². The minimum absolute atomic E-state index is 0.0404. The van der Waals surface area contributed by atoms with Gasteiger partial charge in [0.05, 0.1) is 5.54 Å². The molecular formula is C12H16N2O2. The van der Waals surface area contributed by atoms with Gasteiger partial charge in [-0.25, -0.2) is 0 Å². The van der Waals surface area contributed by atoms with E-state index in [1.807, 2.05) is 18.3 Å². The molecule has 1 aliphatic rings. The molecule has 4 nitrogen and oxygen atoms in total. The summed E-state index contributed by atoms with van der Waals surface area (Å²) in [5.41, 5.74) is 0.496. The van der Waals surface area contributed by atoms with Gasteiger partial charge in [0, 0.05) is 18.3 Å². The third kappa shape index (κ3) is 2.32. The molecule has 0 aliphatic heterocycles. The third-order valence-electron chi connectivity index (χ3n) is 3.14. The van der Waals surface area contributed by atoms with Crippen molar-refractivity contribution >= 4 is 12.2 Å². The van der Waals surface area contributed by atoms with Gasteiger partial charge in [0.2, 0.25) is 5.91 Å². The van der Waals surface area contributed by atoms with Gasteiger partial charge in [-0.1, -0.05) is 0 Å². The first-order valence-corrected chi connectivity index (χ1v) is 5.64. The van der Waals surface area contributed by atoms with E-state index in [0.717, 1.165) is 31.2 Å². The number of carbonyl (C=O) groups is 2. The Kier molecular flexibility index (Phi) is 3.08. The molecule has 1 aromatic heterocycles. The van der Waals surface area contributed by atoms with Crippen LogP contribution in [0.4, 0.5) is 0 Å². The van der Waals surface area contributed by atoms with Gasteiger partial charge in [0.1, 0.15) is 6.29 Å². The number of rotatable bonds is 5. The first-order valence-electron chi connectivity index (χ1n) is 5.64. The van der Waals surface area contributed by atoms with Crippen molar-refractivity contribution in [2.24, 2.45) is 0 Å². The first kappa shape index (κ1) is 10.9. The van der Waals surface area contributed by atoms with Crippen molar-refractivity contribution in [3.8, 4) is 0 Å². The minimum Gasteiger partial charge on any atom is -0.365 e. The second-order valence-electron chi connectivity index (χ2n) is 4.37. The van der Waals surface area contributed by atoms with Crippen LogP contribution < -0.4 is 5.32 Å². The molecule has 1 fully saturated rings. The van der Waals surface area contributed by atoms with Crippen LogP contribution in [0.3, 0.4) is 0 Å². The highest BCUT2D eigenvalue weighted by Gasteiger charge is 2.37. The lowest BCUT2D eigenvalue weighted by molar-refractivity contribution is -0.129. The summed E-state index contributed by atoms with van der Waals surface area (Å²) in [5, 5.41) is 2.82. The Morgan fingerprint density at radius 1 is 1.56 bits per heavy atom. The fraction of sp³-hybridized carbons (Fsp3) is 0.500. The lowest BCUT2D eigenvalue weighted by Gasteiger charge is -2.37. The third-order valence-corrected chi connectivity index (χ3v) is 3.14. The van der Waals surface area contributed by atoms with Crippen molar-refractivity contribution in [2.45, 2.75) is 37.6 Å². The Labute approximate surface area is 94.4 Å². The van der Waals surface area contributed by atoms with Crippen molar-refractivity contribution in [1.29, 1.82) is 0 Å². The van der Waals surface area contributed by atoms with Crippen molar-refractivity contribution in [1.82, 2.24) is 10.3 Å². The summed E-state index contributed by atoms with van der Waals surface area (Å²) in [6, 6.07) is 3.86. The fourth-order valence-corrected chi connectivity index (χ4v) is 1.94. The molecule has 0 radical (unpaired) electrons. The lowest BCUT2D eigenvalue weighted by atomic mass is 9.78. The SMILES string of the molecule is O=CC1(NC(=O)CCc2ccc[nH]2)CCC1. The van der Waals surface area contributed by atoms with E-state index in [2.05, 4.69) is 10.3 Å². The number of amides is 1. The maximum atomic E-state index is 11.6. The molecule has 1 amide bonds. The van der Waals surface area contributed by atoms with Gasteiger partial charge in [-0.15, -0.1) is 0 Å². The van der Waals surface area contributed by atoms with Gasteiger partial charge in [-0.3, -0.25) is 4.79 Å². The summed E-state index contributed by atoms with van der Waals surface area (Å²) in [5.74, 6) is -0.0404. The molecule has 1 aliphatic carbocycles. The minimum atomic E-state index is -0.549. The smallest absolute Gasteiger partial charge is 0.221 e. The number of hydrogen-bond donors (Lipinski definition) is 2. The molecule has 1 saturated carbocycles. The monoisotopic (exact) mass is 220 g/mol. The molecule has 1 heterocycles. The molecule has 16 heavy (non-hydrogen) atoms. The average Bonchev–Trinajstić information content (AvgIpc) is 2.73. The fourth-order valence-electron chi connectivity index (χ4n) is 1.94. The van der Waals surface area contributed by atoms with Gasteiger partial charge >= 0.3 is 0 Å². The number of hydrogen-bond acceptors (Lipinski definition) is 2. The highest BCUT2D eigenvalue weighted by Crippen LogP contribution is 2.29. The quantitative estimate of drug-likeness (QED) is 0.732. The Morgan fingerprint density at radius 3 is 2.88 bits per heavy atom. The number of aldehydes is 1. The van der Waals surface area contributed by atoms with Gasteiger partial charge in [0.25, 0.3) is 0 Å². The number of carbonyl (C=O) groups excluding carboxylic acids is 2. The second kappa shape index (κ2) is 4.51. The van der Waals surface area contributed by atoms with Crippen LogP contribution >= 0.6 is 0 Å². The van der Waals surface area contributed by atoms with Gasteiger partial charge in [-0.05, 0) is 37.8 Å². The summed E-state index contributed by atoms with van der Waals surface area (Å²) in [6.07, 6.45) is 6.42. The molecule has 86 valence electrons. The standard InChI is InChI=1S/C12H16N2O2/c15-9-12(6-2-7-12)14-11(16)5-4-10-3-1-8-13-10/h1,3,8-9,13H,2,4-7H2,(H,14,16). The van der Waals surface area contributed by atoms with E-state index < -0.39 is 5.54 Å². The molecular weight excluding hydrogens is 204 g/mol. The topological polar surface area (TPSA) is 62.0 Å². The van der Waals surface area contributed by atoms with E-state index in [1.54, 1.807) is 0 Å². The predicted octanol–water partition coefficient (Wildman–Crippen LogP) is 1.19. The molecule has 0 saturated heterocycles. The molecule has 2 rings (SSSR count). The summed E-state index contributed by atoms with van der Waals surface area (Å²) in [7, 11) is 0. The molecule has 0 unspecified atom stereocenters. The van der Waals surface area contributed by atoms with Crippen LogP contribution in [-0.4, -0.2) is 22.7 Å². The van der Waals surface area contributed by atoms with Crippen LogP contribution in [0.15, 0.2) is 18.3 Å². The van der Waals surface area contributed by atoms with E-state index in [1.165, 1.54) is 0 Å². The largest absolute Gasteiger partial charge is 0.365 e. The second-order valence-corrected chi connectivity index (χ2v) is 4.37. The Balaban J connectivity index is 1.78. The Hall–Kier alpha value is -1.58. The van der Waals surface area contributed by atoms with E-state index in [0.29, 0.717) is 12.8 Å². The average molecular weight is 220 g/mol. The highest BCUT2D eigenvalue weighted by atomic mass is 16.2. The molecule has 1 aromatic rings. The van der Waals surface area contributed by atoms with Crippen molar-refractivity contribution < 1.29 is 9.59 Å². The first-order chi connectivity index (χ1) is 7.74. The molecule has 0 spiro atoms. The highest BCUT2D eigenvalue weighted by molar-refractivity contribution is 5.82. The van der Waals surface area contributed by atoms with Crippen LogP contribution in [0, 0.1) is 0 Å². The summed E-state index contributed by atoms with van der Waals surface area (Å²) < 4.78 is 0. The maximum Gasteiger partial charge on any atom is 0.221 e. The molecule has 2 N–H and O–H groups in total. The molecule has 4 heteroatoms. The van der Waals surface area contributed by atoms with Crippen LogP contribution in [-0.2, 0) is 16.0 Å². The van der Waals surface area contributed by atoms with Crippen LogP contribution in [0.1, 0.15) is 31.4 Å². The molecule has 0 bridgehead atoms. The van der Waals surface area contributed by atoms with Crippen molar-refractivity contribution in [3.05, 3.63) is 24.0 Å². The van der Waals surface area contributed by atoms with E-state index in [-0.39, 0.29) is 5.91 Å². The normalized spacial score (nSPS) is 17.5. The van der Waals surface area contributed by atoms with E-state index >= 15 is 0 Å². The number of H-pyrrole nitrogens is 1. The Morgan fingerprint density at radius 2 is 2.38 bits per heavy atom. The number of aromatic nitrogens is 1. The number of nitrogens with one attached hydrogen (secondary N) is 2. The number of aromatic amines is 1. The Bertz CT molecular complexity index is 366. The van der Waals surface area contributed by atoms with Crippen LogP contribution in [0.2, 0.25) is 0 Å². The van der Waals surface area contributed by atoms with Gasteiger partial charge < -0.3 is 15.1 Å². The van der Waals surface area contributed by atoms with Crippen molar-refractivity contribution in [3.63, 3.8) is 0 Å². The van der Waals surface area contributed by atoms with Gasteiger partial charge in [-0.2, -0.15) is 0 Å².